The van der Waals surface area contributed by atoms with Crippen LogP contribution in [0.2, 0.25) is 0 Å². The Kier molecular flexibility index (Phi) is 24.1. The third-order valence-corrected chi connectivity index (χ3v) is 25.6. The highest BCUT2D eigenvalue weighted by Gasteiger charge is 2.28. The lowest BCUT2D eigenvalue weighted by atomic mass is 9.79. The SMILES string of the molecule is Brc1cccc2c3ccccc3n(-c3ccccc3)c12.OB(O)c1cccc2c3ccccc3n(-c3ccc(-c4ccccc4)cc3)c12.OB(O)c1cccc2c3ccccc3n(-c3ccc4ccccc4c3)c12.OB(O)c1cccc2c3ccccc3n(-c3cccc(-c4ccccc4)c3)c12.OB(O)c1cccc2c3ccccc3n(-c3nc(-c4ccccc4)nc(-c4ccccc4)n3)c12. The second kappa shape index (κ2) is 37.9. The summed E-state index contributed by atoms with van der Waals surface area (Å²) in [7, 11) is -6.24. The quantitative estimate of drug-likeness (QED) is 0.0507. The number of para-hydroxylation sites is 11. The van der Waals surface area contributed by atoms with Gasteiger partial charge in [-0.3, -0.25) is 4.57 Å². The van der Waals surface area contributed by atoms with Crippen molar-refractivity contribution in [3.63, 3.8) is 0 Å². The lowest BCUT2D eigenvalue weighted by Gasteiger charge is -2.12. The van der Waals surface area contributed by atoms with Crippen LogP contribution in [0.4, 0.5) is 0 Å². The third-order valence-electron chi connectivity index (χ3n) is 25.0. The standard InChI is InChI=1S/C27H19BN4O2.2C24H18BNO2.C22H16BNO2.C18H12BrN/c33-28(34)22-16-9-15-21-20-14-7-8-17-23(20)32(24(21)22)27-30-25(18-10-3-1-4-11-18)29-26(31-27)19-12-5-2-6-13-19;27-25(28)22-14-7-13-21-20-12-4-5-15-23(20)26(24(21)22)19-11-6-10-18(16-19)17-8-2-1-3-9-17;27-25(28)22-11-6-10-21-20-9-4-5-12-23(20)26(24(21)22)19-15-13-18(14-16-19)17-7-2-1-3-8-17;25-23(26)20-10-5-9-19-18-8-3-4-11-21(18)24(22(19)20)17-13-12-15-6-1-2-7-16(15)14-17;19-16-11-6-10-15-14-9-4-5-12-17(14)20(18(15)16)13-7-2-1-3-8-13/h1-17,33-34H;2*1-16,27-28H;1-14,25-26H;1-12H. The Labute approximate surface area is 791 Å². The van der Waals surface area contributed by atoms with Crippen LogP contribution in [0, 0.1) is 0 Å². The molecule has 136 heavy (non-hydrogen) atoms. The highest BCUT2D eigenvalue weighted by molar-refractivity contribution is 9.10. The highest BCUT2D eigenvalue weighted by Crippen LogP contribution is 2.41. The van der Waals surface area contributed by atoms with E-state index in [1.54, 1.807) is 24.3 Å². The summed E-state index contributed by atoms with van der Waals surface area (Å²) in [6.07, 6.45) is 0. The second-order valence-electron chi connectivity index (χ2n) is 33.1. The fourth-order valence-corrected chi connectivity index (χ4v) is 19.5. The molecule has 0 aliphatic heterocycles. The summed E-state index contributed by atoms with van der Waals surface area (Å²) >= 11 is 3.70. The summed E-state index contributed by atoms with van der Waals surface area (Å²) in [6, 6.07) is 152. The summed E-state index contributed by atoms with van der Waals surface area (Å²) in [5.74, 6) is 1.49. The van der Waals surface area contributed by atoms with E-state index in [2.05, 4.69) is 234 Å². The van der Waals surface area contributed by atoms with Crippen LogP contribution >= 0.6 is 15.9 Å². The molecule has 25 rings (SSSR count). The van der Waals surface area contributed by atoms with Crippen molar-refractivity contribution in [1.82, 2.24) is 37.8 Å². The van der Waals surface area contributed by atoms with Gasteiger partial charge in [-0.05, 0) is 134 Å². The van der Waals surface area contributed by atoms with E-state index in [-0.39, 0.29) is 0 Å². The van der Waals surface area contributed by atoms with E-state index in [0.29, 0.717) is 45.0 Å². The van der Waals surface area contributed by atoms with Crippen LogP contribution in [0.1, 0.15) is 0 Å². The normalized spacial score (nSPS) is 11.3. The molecule has 0 aliphatic rings. The van der Waals surface area contributed by atoms with Gasteiger partial charge < -0.3 is 58.5 Å². The van der Waals surface area contributed by atoms with Gasteiger partial charge in [-0.1, -0.05) is 370 Å². The summed E-state index contributed by atoms with van der Waals surface area (Å²) in [6.45, 7) is 0. The minimum atomic E-state index is -1.64. The molecule has 0 spiro atoms. The zero-order chi connectivity index (χ0) is 92.4. The molecule has 0 saturated carbocycles. The molecule has 19 aromatic carbocycles. The Balaban J connectivity index is 0.000000103. The zero-order valence-electron chi connectivity index (χ0n) is 73.1. The first-order valence-electron chi connectivity index (χ1n) is 44.7. The van der Waals surface area contributed by atoms with Crippen LogP contribution in [-0.2, 0) is 0 Å². The number of rotatable bonds is 13. The number of nitrogens with zero attached hydrogens (tertiary/aromatic N) is 8. The van der Waals surface area contributed by atoms with Crippen LogP contribution in [0.15, 0.2) is 459 Å². The Hall–Kier alpha value is -16.1. The number of hydrogen-bond acceptors (Lipinski definition) is 11. The van der Waals surface area contributed by atoms with Gasteiger partial charge in [0.25, 0.3) is 0 Å². The molecule has 650 valence electrons. The molecule has 0 atom stereocenters. The lowest BCUT2D eigenvalue weighted by Crippen LogP contribution is -2.31. The zero-order valence-corrected chi connectivity index (χ0v) is 74.7. The molecule has 6 aromatic heterocycles. The molecule has 0 saturated heterocycles. The Bertz CT molecular complexity index is 8670. The van der Waals surface area contributed by atoms with Gasteiger partial charge in [-0.15, -0.1) is 0 Å². The van der Waals surface area contributed by atoms with Crippen molar-refractivity contribution in [3.05, 3.63) is 459 Å². The highest BCUT2D eigenvalue weighted by atomic mass is 79.9. The van der Waals surface area contributed by atoms with E-state index < -0.39 is 28.5 Å². The maximum Gasteiger partial charge on any atom is 0.490 e. The van der Waals surface area contributed by atoms with E-state index in [1.165, 1.54) is 38.4 Å². The van der Waals surface area contributed by atoms with E-state index in [1.807, 2.05) is 235 Å². The number of halogens is 1. The average Bonchev–Trinajstić information content (AvgIpc) is 1.55. The van der Waals surface area contributed by atoms with Gasteiger partial charge in [-0.2, -0.15) is 9.97 Å². The fourth-order valence-electron chi connectivity index (χ4n) is 19.0. The summed E-state index contributed by atoms with van der Waals surface area (Å²) in [5, 5.41) is 93.2. The third kappa shape index (κ3) is 16.4. The summed E-state index contributed by atoms with van der Waals surface area (Å²) < 4.78 is 11.7. The smallest absolute Gasteiger partial charge is 0.423 e. The number of fused-ring (bicyclic) bond motifs is 16. The maximum absolute atomic E-state index is 10.2. The van der Waals surface area contributed by atoms with Gasteiger partial charge in [0, 0.05) is 114 Å². The number of hydrogen-bond donors (Lipinski definition) is 8. The van der Waals surface area contributed by atoms with Crippen molar-refractivity contribution in [2.45, 2.75) is 0 Å². The molecule has 0 radical (unpaired) electrons. The van der Waals surface area contributed by atoms with Gasteiger partial charge in [0.05, 0.1) is 55.2 Å². The van der Waals surface area contributed by atoms with Gasteiger partial charge in [0.1, 0.15) is 0 Å². The summed E-state index contributed by atoms with van der Waals surface area (Å²) in [5.41, 5.74) is 22.0. The van der Waals surface area contributed by atoms with Gasteiger partial charge in [0.2, 0.25) is 5.95 Å². The average molecular weight is 1830 g/mol. The number of benzene rings is 19. The van der Waals surface area contributed by atoms with Crippen molar-refractivity contribution in [3.8, 4) is 73.7 Å². The first-order chi connectivity index (χ1) is 66.8. The van der Waals surface area contributed by atoms with E-state index in [9.17, 15) is 40.2 Å². The number of aromatic nitrogens is 8. The Morgan fingerprint density at radius 2 is 0.449 bits per heavy atom. The van der Waals surface area contributed by atoms with Crippen molar-refractivity contribution in [1.29, 1.82) is 0 Å². The monoisotopic (exact) mass is 1830 g/mol. The van der Waals surface area contributed by atoms with Crippen molar-refractivity contribution in [2.75, 3.05) is 0 Å². The predicted octanol–water partition coefficient (Wildman–Crippen LogP) is 21.4. The Morgan fingerprint density at radius 1 is 0.184 bits per heavy atom. The largest absolute Gasteiger partial charge is 0.490 e. The van der Waals surface area contributed by atoms with Crippen LogP contribution < -0.4 is 21.9 Å². The lowest BCUT2D eigenvalue weighted by molar-refractivity contribution is 0.425. The molecular weight excluding hydrogens is 1740 g/mol. The van der Waals surface area contributed by atoms with Gasteiger partial charge in [-0.25, -0.2) is 4.98 Å². The van der Waals surface area contributed by atoms with E-state index in [4.69, 9.17) is 15.0 Å². The molecule has 8 N–H and O–H groups in total. The second-order valence-corrected chi connectivity index (χ2v) is 33.9. The molecule has 0 bridgehead atoms. The van der Waals surface area contributed by atoms with Crippen molar-refractivity contribution >= 4 is 186 Å². The molecule has 0 fully saturated rings. The molecule has 0 unspecified atom stereocenters. The maximum atomic E-state index is 10.2. The van der Waals surface area contributed by atoms with Crippen LogP contribution in [0.3, 0.4) is 0 Å². The minimum Gasteiger partial charge on any atom is -0.423 e. The van der Waals surface area contributed by atoms with Crippen LogP contribution in [0.25, 0.3) is 194 Å². The van der Waals surface area contributed by atoms with Crippen LogP contribution in [-0.4, -0.2) is 106 Å². The van der Waals surface area contributed by atoms with Gasteiger partial charge >= 0.3 is 28.5 Å². The van der Waals surface area contributed by atoms with E-state index >= 15 is 0 Å². The molecule has 16 nitrogen and oxygen atoms in total. The predicted molar refractivity (Wildman–Crippen MR) is 564 cm³/mol. The first kappa shape index (κ1) is 86.6. The Morgan fingerprint density at radius 3 is 0.860 bits per heavy atom. The first-order valence-corrected chi connectivity index (χ1v) is 45.5. The van der Waals surface area contributed by atoms with Crippen molar-refractivity contribution in [2.24, 2.45) is 0 Å². The minimum absolute atomic E-state index is 0.386. The molecular formula is C115H83B4BrN8O8. The van der Waals surface area contributed by atoms with Crippen LogP contribution in [0.5, 0.6) is 0 Å². The van der Waals surface area contributed by atoms with Crippen molar-refractivity contribution < 1.29 is 40.2 Å². The topological polar surface area (TPSA) is 225 Å². The molecule has 0 amide bonds. The molecule has 25 aromatic rings. The molecule has 6 heterocycles. The fraction of sp³-hybridized carbons (Fsp3) is 0. The van der Waals surface area contributed by atoms with Gasteiger partial charge in [0.15, 0.2) is 11.6 Å². The molecule has 0 aliphatic carbocycles. The summed E-state index contributed by atoms with van der Waals surface area (Å²) in [4.78, 5) is 14.5. The van der Waals surface area contributed by atoms with E-state index in [0.717, 1.165) is 136 Å². The molecule has 21 heteroatoms.